The van der Waals surface area contributed by atoms with Crippen molar-refractivity contribution in [2.45, 2.75) is 49.7 Å². The monoisotopic (exact) mass is 630 g/mol. The molecule has 1 amide bonds. The number of hydrogen-bond donors (Lipinski definition) is 1. The van der Waals surface area contributed by atoms with Crippen molar-refractivity contribution < 1.29 is 27.1 Å². The molecule has 0 saturated carbocycles. The summed E-state index contributed by atoms with van der Waals surface area (Å²) in [5, 5.41) is 0.779. The highest BCUT2D eigenvalue weighted by molar-refractivity contribution is 7.92. The maximum absolute atomic E-state index is 14.3. The van der Waals surface area contributed by atoms with E-state index in [0.29, 0.717) is 17.6 Å². The number of nitrogens with one attached hydrogen (secondary N) is 1. The molecule has 13 heteroatoms. The van der Waals surface area contributed by atoms with Gasteiger partial charge in [-0.1, -0.05) is 18.2 Å². The molecule has 2 saturated heterocycles. The molecule has 45 heavy (non-hydrogen) atoms. The van der Waals surface area contributed by atoms with Gasteiger partial charge in [0.1, 0.15) is 28.5 Å². The third-order valence-corrected chi connectivity index (χ3v) is 9.75. The van der Waals surface area contributed by atoms with Crippen molar-refractivity contribution in [3.05, 3.63) is 79.0 Å². The van der Waals surface area contributed by atoms with E-state index in [9.17, 15) is 22.4 Å². The topological polar surface area (TPSA) is 135 Å². The van der Waals surface area contributed by atoms with Gasteiger partial charge in [0.25, 0.3) is 10.0 Å². The summed E-state index contributed by atoms with van der Waals surface area (Å²) in [5.74, 6) is -0.465. The van der Waals surface area contributed by atoms with Crippen molar-refractivity contribution in [1.82, 2.24) is 19.9 Å². The molecular formula is C32H31FN6O5S. The smallest absolute Gasteiger partial charge is 0.264 e. The predicted molar refractivity (Wildman–Crippen MR) is 167 cm³/mol. The summed E-state index contributed by atoms with van der Waals surface area (Å²) in [7, 11) is -2.92. The van der Waals surface area contributed by atoms with Gasteiger partial charge in [-0.2, -0.15) is 0 Å². The number of sulfonamides is 1. The SMILES string of the molecule is COc1ncc(-c2ccc3ncnc(N4CC5CCC([C@@H]4C)N5C(=O)/C=C/C(C)=O)c3c2)cc1NS(=O)(=O)c1ccccc1F. The Labute approximate surface area is 259 Å². The third-order valence-electron chi connectivity index (χ3n) is 8.35. The summed E-state index contributed by atoms with van der Waals surface area (Å²) in [6.45, 7) is 4.06. The molecular weight excluding hydrogens is 599 g/mol. The van der Waals surface area contributed by atoms with Gasteiger partial charge < -0.3 is 14.5 Å². The maximum atomic E-state index is 14.3. The lowest BCUT2D eigenvalue weighted by atomic mass is 10.0. The van der Waals surface area contributed by atoms with Crippen LogP contribution in [0.5, 0.6) is 5.88 Å². The number of halogens is 1. The number of amides is 1. The lowest BCUT2D eigenvalue weighted by Crippen LogP contribution is -2.60. The molecule has 2 aromatic heterocycles. The lowest BCUT2D eigenvalue weighted by molar-refractivity contribution is -0.130. The Morgan fingerprint density at radius 1 is 1.04 bits per heavy atom. The predicted octanol–water partition coefficient (Wildman–Crippen LogP) is 4.35. The van der Waals surface area contributed by atoms with Crippen LogP contribution in [0.1, 0.15) is 26.7 Å². The van der Waals surface area contributed by atoms with Gasteiger partial charge in [-0.15, -0.1) is 0 Å². The Morgan fingerprint density at radius 3 is 2.60 bits per heavy atom. The number of fused-ring (bicyclic) bond motifs is 3. The minimum absolute atomic E-state index is 0.0262. The summed E-state index contributed by atoms with van der Waals surface area (Å²) in [4.78, 5) is 41.4. The zero-order valence-corrected chi connectivity index (χ0v) is 25.7. The fourth-order valence-electron chi connectivity index (χ4n) is 6.22. The maximum Gasteiger partial charge on any atom is 0.264 e. The molecule has 4 aromatic rings. The Kier molecular flexibility index (Phi) is 7.96. The van der Waals surface area contributed by atoms with Crippen LogP contribution in [0.3, 0.4) is 0 Å². The van der Waals surface area contributed by atoms with E-state index in [1.54, 1.807) is 12.3 Å². The number of piperazine rings is 1. The number of nitrogens with zero attached hydrogens (tertiary/aromatic N) is 5. The first-order valence-electron chi connectivity index (χ1n) is 14.4. The zero-order valence-electron chi connectivity index (χ0n) is 24.8. The fourth-order valence-corrected chi connectivity index (χ4v) is 7.35. The standard InChI is InChI=1S/C32H31FN6O5S/c1-19(40)8-13-30(41)39-23-10-12-28(39)20(2)38(17-23)31-24-14-21(9-11-26(24)35-18-36-31)22-15-27(32(44-3)34-16-22)37-45(42,43)29-7-5-4-6-25(29)33/h4-9,11,13-16,18,20,23,28,37H,10,12,17H2,1-3H3/b13-8+/t20-,23?,28?/m0/s1. The number of ether oxygens (including phenoxy) is 1. The number of allylic oxidation sites excluding steroid dienone is 1. The second-order valence-electron chi connectivity index (χ2n) is 11.1. The van der Waals surface area contributed by atoms with Crippen LogP contribution in [0.25, 0.3) is 22.0 Å². The van der Waals surface area contributed by atoms with Gasteiger partial charge in [0.05, 0.1) is 24.7 Å². The molecule has 3 atom stereocenters. The minimum atomic E-state index is -4.28. The molecule has 4 heterocycles. The van der Waals surface area contributed by atoms with E-state index >= 15 is 0 Å². The van der Waals surface area contributed by atoms with Crippen molar-refractivity contribution >= 4 is 44.1 Å². The van der Waals surface area contributed by atoms with Gasteiger partial charge in [-0.25, -0.2) is 27.8 Å². The minimum Gasteiger partial charge on any atom is -0.480 e. The van der Waals surface area contributed by atoms with Gasteiger partial charge in [0, 0.05) is 35.8 Å². The molecule has 0 radical (unpaired) electrons. The highest BCUT2D eigenvalue weighted by Gasteiger charge is 2.46. The summed E-state index contributed by atoms with van der Waals surface area (Å²) in [6, 6.07) is 12.2. The normalized spacial score (nSPS) is 19.7. The zero-order chi connectivity index (χ0) is 31.9. The van der Waals surface area contributed by atoms with Gasteiger partial charge in [-0.3, -0.25) is 14.3 Å². The molecule has 2 fully saturated rings. The molecule has 0 spiro atoms. The molecule has 232 valence electrons. The van der Waals surface area contributed by atoms with Crippen LogP contribution in [0.15, 0.2) is 78.1 Å². The Balaban J connectivity index is 1.34. The van der Waals surface area contributed by atoms with Crippen LogP contribution in [0.2, 0.25) is 0 Å². The van der Waals surface area contributed by atoms with Crippen LogP contribution < -0.4 is 14.4 Å². The number of carbonyl (C=O) groups is 2. The Hall–Kier alpha value is -4.91. The third kappa shape index (κ3) is 5.70. The number of benzene rings is 2. The summed E-state index contributed by atoms with van der Waals surface area (Å²) in [6.07, 6.45) is 7.44. The number of rotatable bonds is 8. The van der Waals surface area contributed by atoms with E-state index in [1.807, 2.05) is 23.1 Å². The average molecular weight is 631 g/mol. The van der Waals surface area contributed by atoms with E-state index in [0.717, 1.165) is 35.7 Å². The number of anilines is 2. The second kappa shape index (κ2) is 11.9. The van der Waals surface area contributed by atoms with Crippen LogP contribution in [-0.2, 0) is 19.6 Å². The Morgan fingerprint density at radius 2 is 1.84 bits per heavy atom. The fraction of sp³-hybridized carbons (Fsp3) is 0.281. The number of aromatic nitrogens is 3. The first kappa shape index (κ1) is 30.1. The van der Waals surface area contributed by atoms with Crippen molar-refractivity contribution in [3.8, 4) is 17.0 Å². The van der Waals surface area contributed by atoms with Crippen molar-refractivity contribution in [2.75, 3.05) is 23.3 Å². The average Bonchev–Trinajstić information content (AvgIpc) is 3.37. The number of carbonyl (C=O) groups excluding carboxylic acids is 2. The second-order valence-corrected chi connectivity index (χ2v) is 12.8. The van der Waals surface area contributed by atoms with E-state index in [4.69, 9.17) is 4.74 Å². The van der Waals surface area contributed by atoms with Crippen molar-refractivity contribution in [3.63, 3.8) is 0 Å². The quantitative estimate of drug-likeness (QED) is 0.282. The van der Waals surface area contributed by atoms with E-state index in [-0.39, 0.29) is 41.4 Å². The summed E-state index contributed by atoms with van der Waals surface area (Å²) < 4.78 is 48.2. The lowest BCUT2D eigenvalue weighted by Gasteiger charge is -2.46. The van der Waals surface area contributed by atoms with Crippen LogP contribution in [0.4, 0.5) is 15.9 Å². The van der Waals surface area contributed by atoms with Crippen LogP contribution in [-0.4, -0.2) is 71.7 Å². The number of hydrogen-bond acceptors (Lipinski definition) is 9. The number of methoxy groups -OCH3 is 1. The largest absolute Gasteiger partial charge is 0.480 e. The van der Waals surface area contributed by atoms with Gasteiger partial charge >= 0.3 is 0 Å². The molecule has 2 bridgehead atoms. The van der Waals surface area contributed by atoms with E-state index in [2.05, 4.69) is 31.5 Å². The van der Waals surface area contributed by atoms with E-state index < -0.39 is 20.7 Å². The molecule has 2 aliphatic rings. The Bertz CT molecular complexity index is 1950. The molecule has 2 unspecified atom stereocenters. The summed E-state index contributed by atoms with van der Waals surface area (Å²) in [5.41, 5.74) is 2.07. The first-order valence-corrected chi connectivity index (χ1v) is 15.9. The van der Waals surface area contributed by atoms with Crippen molar-refractivity contribution in [1.29, 1.82) is 0 Å². The van der Waals surface area contributed by atoms with E-state index in [1.165, 1.54) is 50.7 Å². The summed E-state index contributed by atoms with van der Waals surface area (Å²) >= 11 is 0. The highest BCUT2D eigenvalue weighted by atomic mass is 32.2. The number of ketones is 1. The molecule has 6 rings (SSSR count). The van der Waals surface area contributed by atoms with Gasteiger partial charge in [-0.05, 0) is 68.7 Å². The highest BCUT2D eigenvalue weighted by Crippen LogP contribution is 2.39. The number of pyridine rings is 1. The molecule has 1 N–H and O–H groups in total. The van der Waals surface area contributed by atoms with Crippen LogP contribution >= 0.6 is 0 Å². The van der Waals surface area contributed by atoms with Gasteiger partial charge in [0.2, 0.25) is 11.8 Å². The van der Waals surface area contributed by atoms with Crippen LogP contribution in [0, 0.1) is 5.82 Å². The molecule has 2 aromatic carbocycles. The van der Waals surface area contributed by atoms with Crippen molar-refractivity contribution in [2.24, 2.45) is 0 Å². The first-order chi connectivity index (χ1) is 21.6. The molecule has 11 nitrogen and oxygen atoms in total. The van der Waals surface area contributed by atoms with Gasteiger partial charge in [0.15, 0.2) is 5.78 Å². The molecule has 0 aliphatic carbocycles. The molecule has 2 aliphatic heterocycles.